The number of carbonyl (C=O) groups is 1. The first-order chi connectivity index (χ1) is 17.6. The van der Waals surface area contributed by atoms with Crippen molar-refractivity contribution in [2.45, 2.75) is 83.1 Å². The Morgan fingerprint density at radius 3 is 2.14 bits per heavy atom. The lowest BCUT2D eigenvalue weighted by Crippen LogP contribution is -2.46. The zero-order chi connectivity index (χ0) is 26.8. The minimum atomic E-state index is -4.41. The number of anilines is 1. The van der Waals surface area contributed by atoms with E-state index in [9.17, 15) is 18.0 Å². The molecule has 1 aliphatic rings. The van der Waals surface area contributed by atoms with Gasteiger partial charge in [0.15, 0.2) is 0 Å². The molecule has 1 aliphatic heterocycles. The molecule has 5 nitrogen and oxygen atoms in total. The molecule has 0 bridgehead atoms. The predicted molar refractivity (Wildman–Crippen MR) is 139 cm³/mol. The second-order valence-electron chi connectivity index (χ2n) is 9.88. The Morgan fingerprint density at radius 2 is 1.59 bits per heavy atom. The van der Waals surface area contributed by atoms with E-state index in [0.29, 0.717) is 29.8 Å². The molecule has 37 heavy (non-hydrogen) atoms. The zero-order valence-electron chi connectivity index (χ0n) is 21.8. The highest BCUT2D eigenvalue weighted by molar-refractivity contribution is 5.99. The fourth-order valence-electron chi connectivity index (χ4n) is 5.59. The summed E-state index contributed by atoms with van der Waals surface area (Å²) in [5.41, 5.74) is 0.474. The Morgan fingerprint density at radius 1 is 1.00 bits per heavy atom. The van der Waals surface area contributed by atoms with Crippen LogP contribution < -0.4 is 10.6 Å². The molecule has 1 unspecified atom stereocenters. The maximum absolute atomic E-state index is 13.8. The molecule has 2 heterocycles. The van der Waals surface area contributed by atoms with Crippen molar-refractivity contribution in [2.24, 2.45) is 0 Å². The lowest BCUT2D eigenvalue weighted by atomic mass is 9.81. The summed E-state index contributed by atoms with van der Waals surface area (Å²) in [6, 6.07) is 15.3. The van der Waals surface area contributed by atoms with Crippen LogP contribution in [0.15, 0.2) is 60.8 Å². The highest BCUT2D eigenvalue weighted by Crippen LogP contribution is 2.44. The van der Waals surface area contributed by atoms with E-state index in [0.717, 1.165) is 37.0 Å². The summed E-state index contributed by atoms with van der Waals surface area (Å²) in [6.45, 7) is 8.15. The van der Waals surface area contributed by atoms with Gasteiger partial charge in [-0.25, -0.2) is 4.68 Å². The first-order valence-corrected chi connectivity index (χ1v) is 13.0. The van der Waals surface area contributed by atoms with Crippen molar-refractivity contribution >= 4 is 11.7 Å². The number of fused-ring (bicyclic) bond motifs is 1. The molecule has 198 valence electrons. The van der Waals surface area contributed by atoms with Crippen LogP contribution in [0.2, 0.25) is 0 Å². The fraction of sp³-hybridized carbons (Fsp3) is 0.448. The van der Waals surface area contributed by atoms with Gasteiger partial charge >= 0.3 is 6.18 Å². The van der Waals surface area contributed by atoms with Crippen LogP contribution in [0.1, 0.15) is 92.9 Å². The van der Waals surface area contributed by atoms with Crippen molar-refractivity contribution in [2.75, 3.05) is 5.32 Å². The Hall–Kier alpha value is -3.29. The summed E-state index contributed by atoms with van der Waals surface area (Å²) in [6.07, 6.45) is 0.822. The quantitative estimate of drug-likeness (QED) is 0.330. The number of hydrogen-bond acceptors (Lipinski definition) is 3. The first kappa shape index (κ1) is 26.8. The fourth-order valence-corrected chi connectivity index (χ4v) is 5.59. The number of nitrogens with zero attached hydrogens (tertiary/aromatic N) is 2. The van der Waals surface area contributed by atoms with Gasteiger partial charge in [-0.05, 0) is 55.4 Å². The average Bonchev–Trinajstić information content (AvgIpc) is 3.36. The number of amides is 1. The number of halogens is 3. The van der Waals surface area contributed by atoms with Crippen LogP contribution in [0.3, 0.4) is 0 Å². The van der Waals surface area contributed by atoms with Crippen LogP contribution in [-0.4, -0.2) is 15.7 Å². The van der Waals surface area contributed by atoms with E-state index in [2.05, 4.69) is 41.7 Å². The summed E-state index contributed by atoms with van der Waals surface area (Å²) in [5.74, 6) is 0.377. The molecule has 0 radical (unpaired) electrons. The number of benzene rings is 2. The number of alkyl halides is 3. The van der Waals surface area contributed by atoms with E-state index in [-0.39, 0.29) is 17.5 Å². The van der Waals surface area contributed by atoms with Gasteiger partial charge in [-0.2, -0.15) is 18.3 Å². The van der Waals surface area contributed by atoms with E-state index in [1.54, 1.807) is 6.20 Å². The highest BCUT2D eigenvalue weighted by Gasteiger charge is 2.42. The van der Waals surface area contributed by atoms with Gasteiger partial charge in [0.25, 0.3) is 5.91 Å². The van der Waals surface area contributed by atoms with E-state index in [1.165, 1.54) is 12.1 Å². The summed E-state index contributed by atoms with van der Waals surface area (Å²) < 4.78 is 41.3. The first-order valence-electron chi connectivity index (χ1n) is 13.0. The van der Waals surface area contributed by atoms with Crippen LogP contribution in [0.4, 0.5) is 19.0 Å². The van der Waals surface area contributed by atoms with Gasteiger partial charge in [0.05, 0.1) is 28.9 Å². The van der Waals surface area contributed by atoms with E-state index in [4.69, 9.17) is 0 Å². The maximum Gasteiger partial charge on any atom is 0.416 e. The summed E-state index contributed by atoms with van der Waals surface area (Å²) in [5, 5.41) is 11.4. The highest BCUT2D eigenvalue weighted by atomic mass is 19.4. The molecule has 0 saturated heterocycles. The number of aromatic nitrogens is 2. The largest absolute Gasteiger partial charge is 0.416 e. The molecule has 0 spiro atoms. The molecule has 2 aromatic carbocycles. The van der Waals surface area contributed by atoms with Crippen molar-refractivity contribution in [1.29, 1.82) is 0 Å². The standard InChI is InChI=1S/C29H35F3N4O/c1-5-27(6-2)18-24(20-12-10-9-11-13-20)34-25-23(19-33-36(25)27)26(37)35-28(7-3,8-4)21-14-16-22(17-15-21)29(30,31)32/h9-17,19,24,34H,5-8,18H2,1-4H3,(H,35,37). The molecule has 3 aromatic rings. The zero-order valence-corrected chi connectivity index (χ0v) is 21.8. The van der Waals surface area contributed by atoms with Gasteiger partial charge in [0.1, 0.15) is 11.4 Å². The van der Waals surface area contributed by atoms with E-state index < -0.39 is 17.3 Å². The number of carbonyl (C=O) groups excluding carboxylic acids is 1. The lowest BCUT2D eigenvalue weighted by Gasteiger charge is -2.42. The molecular formula is C29H35F3N4O. The van der Waals surface area contributed by atoms with Crippen molar-refractivity contribution < 1.29 is 18.0 Å². The third-order valence-electron chi connectivity index (χ3n) is 8.20. The molecule has 0 fully saturated rings. The maximum atomic E-state index is 13.8. The van der Waals surface area contributed by atoms with Gasteiger partial charge in [0, 0.05) is 0 Å². The summed E-state index contributed by atoms with van der Waals surface area (Å²) in [4.78, 5) is 13.8. The monoisotopic (exact) mass is 512 g/mol. The topological polar surface area (TPSA) is 59.0 Å². The normalized spacial score (nSPS) is 17.1. The van der Waals surface area contributed by atoms with Crippen molar-refractivity contribution in [3.63, 3.8) is 0 Å². The Bertz CT molecular complexity index is 1210. The molecule has 2 N–H and O–H groups in total. The van der Waals surface area contributed by atoms with E-state index >= 15 is 0 Å². The van der Waals surface area contributed by atoms with Crippen molar-refractivity contribution in [3.8, 4) is 0 Å². The molecule has 1 amide bonds. The number of hydrogen-bond donors (Lipinski definition) is 2. The van der Waals surface area contributed by atoms with Crippen LogP contribution in [0.5, 0.6) is 0 Å². The number of rotatable bonds is 8. The predicted octanol–water partition coefficient (Wildman–Crippen LogP) is 7.42. The minimum absolute atomic E-state index is 0.0221. The second-order valence-corrected chi connectivity index (χ2v) is 9.88. The Balaban J connectivity index is 1.70. The van der Waals surface area contributed by atoms with E-state index in [1.807, 2.05) is 36.7 Å². The molecule has 4 rings (SSSR count). The molecule has 1 aromatic heterocycles. The third kappa shape index (κ3) is 4.86. The van der Waals surface area contributed by atoms with Crippen LogP contribution in [-0.2, 0) is 17.3 Å². The SMILES string of the molecule is CCC(CC)(NC(=O)c1cnn2c1NC(c1ccccc1)CC2(CC)CC)c1ccc(C(F)(F)F)cc1. The number of nitrogens with one attached hydrogen (secondary N) is 2. The van der Waals surface area contributed by atoms with Gasteiger partial charge in [-0.15, -0.1) is 0 Å². The van der Waals surface area contributed by atoms with Crippen LogP contribution in [0, 0.1) is 0 Å². The van der Waals surface area contributed by atoms with Crippen LogP contribution >= 0.6 is 0 Å². The minimum Gasteiger partial charge on any atom is -0.363 e. The Labute approximate surface area is 216 Å². The molecular weight excluding hydrogens is 477 g/mol. The lowest BCUT2D eigenvalue weighted by molar-refractivity contribution is -0.137. The second kappa shape index (κ2) is 10.2. The van der Waals surface area contributed by atoms with Crippen molar-refractivity contribution in [3.05, 3.63) is 83.0 Å². The summed E-state index contributed by atoms with van der Waals surface area (Å²) >= 11 is 0. The molecule has 8 heteroatoms. The van der Waals surface area contributed by atoms with Gasteiger partial charge in [0.2, 0.25) is 0 Å². The smallest absolute Gasteiger partial charge is 0.363 e. The third-order valence-corrected chi connectivity index (χ3v) is 8.20. The molecule has 0 aliphatic carbocycles. The van der Waals surface area contributed by atoms with Gasteiger partial charge < -0.3 is 10.6 Å². The average molecular weight is 513 g/mol. The summed E-state index contributed by atoms with van der Waals surface area (Å²) in [7, 11) is 0. The van der Waals surface area contributed by atoms with Crippen molar-refractivity contribution in [1.82, 2.24) is 15.1 Å². The van der Waals surface area contributed by atoms with Gasteiger partial charge in [-0.1, -0.05) is 70.2 Å². The molecule has 0 saturated carbocycles. The molecule has 1 atom stereocenters. The van der Waals surface area contributed by atoms with Crippen LogP contribution in [0.25, 0.3) is 0 Å². The Kier molecular flexibility index (Phi) is 7.40. The van der Waals surface area contributed by atoms with Gasteiger partial charge in [-0.3, -0.25) is 4.79 Å².